The fourth-order valence-electron chi connectivity index (χ4n) is 3.05. The van der Waals surface area contributed by atoms with Crippen LogP contribution in [0.4, 0.5) is 5.69 Å². The fourth-order valence-corrected chi connectivity index (χ4v) is 4.53. The Morgan fingerprint density at radius 3 is 2.43 bits per heavy atom. The molecule has 0 atom stereocenters. The highest BCUT2D eigenvalue weighted by molar-refractivity contribution is 7.89. The van der Waals surface area contributed by atoms with Gasteiger partial charge in [0.15, 0.2) is 0 Å². The van der Waals surface area contributed by atoms with Gasteiger partial charge in [-0.15, -0.1) is 0 Å². The molecule has 2 N–H and O–H groups in total. The number of carbonyl (C=O) groups is 1. The summed E-state index contributed by atoms with van der Waals surface area (Å²) in [5.74, 6) is -0.518. The molecule has 0 aliphatic rings. The lowest BCUT2D eigenvalue weighted by Gasteiger charge is -2.14. The van der Waals surface area contributed by atoms with E-state index in [0.29, 0.717) is 11.4 Å². The van der Waals surface area contributed by atoms with Crippen LogP contribution < -0.4 is 10.0 Å². The molecule has 30 heavy (non-hydrogen) atoms. The Bertz CT molecular complexity index is 1200. The first-order valence-corrected chi connectivity index (χ1v) is 11.2. The number of anilines is 1. The van der Waals surface area contributed by atoms with Gasteiger partial charge in [-0.05, 0) is 64.1 Å². The Kier molecular flexibility index (Phi) is 6.30. The molecule has 2 aromatic carbocycles. The first-order valence-electron chi connectivity index (χ1n) is 9.34. The predicted octanol–water partition coefficient (Wildman–Crippen LogP) is 4.08. The number of hydrogen-bond donors (Lipinski definition) is 2. The van der Waals surface area contributed by atoms with Gasteiger partial charge in [0.2, 0.25) is 10.0 Å². The van der Waals surface area contributed by atoms with Crippen molar-refractivity contribution in [1.29, 1.82) is 0 Å². The fraction of sp³-hybridized carbons (Fsp3) is 0.238. The summed E-state index contributed by atoms with van der Waals surface area (Å²) in [6, 6.07) is 12.9. The minimum absolute atomic E-state index is 0.0300. The zero-order chi connectivity index (χ0) is 22.1. The number of carbonyl (C=O) groups excluding carboxylic acids is 1. The van der Waals surface area contributed by atoms with Crippen LogP contribution in [-0.4, -0.2) is 30.1 Å². The molecule has 0 saturated heterocycles. The van der Waals surface area contributed by atoms with Gasteiger partial charge in [-0.2, -0.15) is 5.10 Å². The van der Waals surface area contributed by atoms with Gasteiger partial charge < -0.3 is 5.32 Å². The maximum absolute atomic E-state index is 13.0. The van der Waals surface area contributed by atoms with E-state index in [9.17, 15) is 13.2 Å². The Labute approximate surface area is 181 Å². The summed E-state index contributed by atoms with van der Waals surface area (Å²) in [5, 5.41) is 7.44. The molecule has 3 aromatic rings. The summed E-state index contributed by atoms with van der Waals surface area (Å²) in [4.78, 5) is 12.9. The predicted molar refractivity (Wildman–Crippen MR) is 118 cm³/mol. The lowest BCUT2D eigenvalue weighted by Crippen LogP contribution is -2.30. The van der Waals surface area contributed by atoms with E-state index in [4.69, 9.17) is 11.6 Å². The van der Waals surface area contributed by atoms with Gasteiger partial charge in [0.1, 0.15) is 0 Å². The number of nitrogens with zero attached hydrogens (tertiary/aromatic N) is 2. The highest BCUT2D eigenvalue weighted by Gasteiger charge is 2.20. The van der Waals surface area contributed by atoms with Crippen LogP contribution in [-0.2, 0) is 10.0 Å². The highest BCUT2D eigenvalue weighted by atomic mass is 35.5. The second-order valence-electron chi connectivity index (χ2n) is 7.23. The zero-order valence-corrected chi connectivity index (χ0v) is 18.7. The molecule has 0 aliphatic carbocycles. The number of benzene rings is 2. The second kappa shape index (κ2) is 8.59. The van der Waals surface area contributed by atoms with Crippen molar-refractivity contribution in [3.63, 3.8) is 0 Å². The number of hydrogen-bond acceptors (Lipinski definition) is 4. The number of para-hydroxylation sites is 2. The maximum atomic E-state index is 13.0. The van der Waals surface area contributed by atoms with Gasteiger partial charge in [0.25, 0.3) is 5.91 Å². The van der Waals surface area contributed by atoms with Crippen LogP contribution in [0.2, 0.25) is 5.02 Å². The van der Waals surface area contributed by atoms with Crippen LogP contribution in [0.1, 0.15) is 35.6 Å². The molecule has 0 bridgehead atoms. The van der Waals surface area contributed by atoms with Crippen molar-refractivity contribution in [1.82, 2.24) is 14.5 Å². The number of rotatable bonds is 6. The lowest BCUT2D eigenvalue weighted by atomic mass is 10.2. The molecular weight excluding hydrogens is 424 g/mol. The minimum atomic E-state index is -3.76. The first-order chi connectivity index (χ1) is 14.1. The van der Waals surface area contributed by atoms with Crippen LogP contribution in [0.5, 0.6) is 0 Å². The Hall–Kier alpha value is -2.68. The van der Waals surface area contributed by atoms with Gasteiger partial charge >= 0.3 is 0 Å². The molecule has 0 spiro atoms. The Morgan fingerprint density at radius 1 is 1.10 bits per heavy atom. The lowest BCUT2D eigenvalue weighted by molar-refractivity contribution is 0.102. The molecule has 1 aromatic heterocycles. The molecule has 0 radical (unpaired) electrons. The largest absolute Gasteiger partial charge is 0.320 e. The highest BCUT2D eigenvalue weighted by Crippen LogP contribution is 2.25. The van der Waals surface area contributed by atoms with E-state index in [2.05, 4.69) is 15.1 Å². The number of sulfonamides is 1. The average Bonchev–Trinajstić information content (AvgIpc) is 2.99. The van der Waals surface area contributed by atoms with Crippen molar-refractivity contribution in [2.45, 2.75) is 38.6 Å². The molecule has 0 fully saturated rings. The molecule has 0 saturated carbocycles. The van der Waals surface area contributed by atoms with E-state index in [1.807, 2.05) is 32.0 Å². The third-order valence-electron chi connectivity index (χ3n) is 4.27. The Balaban J connectivity index is 1.96. The maximum Gasteiger partial charge on any atom is 0.257 e. The third-order valence-corrected chi connectivity index (χ3v) is 6.26. The van der Waals surface area contributed by atoms with Crippen molar-refractivity contribution in [3.8, 4) is 5.69 Å². The summed E-state index contributed by atoms with van der Waals surface area (Å²) in [5.41, 5.74) is 3.05. The zero-order valence-electron chi connectivity index (χ0n) is 17.1. The average molecular weight is 447 g/mol. The molecule has 158 valence electrons. The van der Waals surface area contributed by atoms with Crippen molar-refractivity contribution < 1.29 is 13.2 Å². The van der Waals surface area contributed by atoms with Gasteiger partial charge in [-0.1, -0.05) is 23.7 Å². The van der Waals surface area contributed by atoms with Crippen LogP contribution >= 0.6 is 11.6 Å². The normalized spacial score (nSPS) is 11.7. The quantitative estimate of drug-likeness (QED) is 0.596. The summed E-state index contributed by atoms with van der Waals surface area (Å²) in [6.07, 6.45) is 0. The van der Waals surface area contributed by atoms with E-state index >= 15 is 0 Å². The SMILES string of the molecule is Cc1cc(C)n(-c2ccccc2NC(=O)c2cc(S(=O)(=O)NC(C)C)ccc2Cl)n1. The second-order valence-corrected chi connectivity index (χ2v) is 9.35. The van der Waals surface area contributed by atoms with Crippen LogP contribution in [0.15, 0.2) is 53.4 Å². The van der Waals surface area contributed by atoms with E-state index in [-0.39, 0.29) is 21.5 Å². The molecule has 9 heteroatoms. The number of halogens is 1. The van der Waals surface area contributed by atoms with Crippen LogP contribution in [0, 0.1) is 13.8 Å². The van der Waals surface area contributed by atoms with Crippen LogP contribution in [0.25, 0.3) is 5.69 Å². The molecule has 1 heterocycles. The van der Waals surface area contributed by atoms with Crippen molar-refractivity contribution >= 4 is 33.2 Å². The first kappa shape index (κ1) is 22.0. The molecule has 3 rings (SSSR count). The van der Waals surface area contributed by atoms with E-state index in [1.54, 1.807) is 30.7 Å². The number of aromatic nitrogens is 2. The molecular formula is C21H23ClN4O3S. The number of aryl methyl sites for hydroxylation is 2. The molecule has 0 aliphatic heterocycles. The van der Waals surface area contributed by atoms with Crippen LogP contribution in [0.3, 0.4) is 0 Å². The number of nitrogens with one attached hydrogen (secondary N) is 2. The standard InChI is InChI=1S/C21H23ClN4O3S/c1-13(2)25-30(28,29)16-9-10-18(22)17(12-16)21(27)23-19-7-5-6-8-20(19)26-15(4)11-14(3)24-26/h5-13,25H,1-4H3,(H,23,27). The van der Waals surface area contributed by atoms with Crippen molar-refractivity contribution in [3.05, 3.63) is 70.5 Å². The van der Waals surface area contributed by atoms with E-state index in [0.717, 1.165) is 11.4 Å². The van der Waals surface area contributed by atoms with Gasteiger partial charge in [-0.3, -0.25) is 4.79 Å². The summed E-state index contributed by atoms with van der Waals surface area (Å²) in [6.45, 7) is 7.25. The third kappa shape index (κ3) is 4.72. The van der Waals surface area contributed by atoms with Gasteiger partial charge in [0.05, 0.1) is 32.6 Å². The minimum Gasteiger partial charge on any atom is -0.320 e. The summed E-state index contributed by atoms with van der Waals surface area (Å²) < 4.78 is 29.2. The summed E-state index contributed by atoms with van der Waals surface area (Å²) in [7, 11) is -3.76. The van der Waals surface area contributed by atoms with Gasteiger partial charge in [-0.25, -0.2) is 17.8 Å². The van der Waals surface area contributed by atoms with E-state index < -0.39 is 15.9 Å². The smallest absolute Gasteiger partial charge is 0.257 e. The van der Waals surface area contributed by atoms with Gasteiger partial charge in [0, 0.05) is 11.7 Å². The molecule has 0 unspecified atom stereocenters. The molecule has 1 amide bonds. The Morgan fingerprint density at radius 2 is 1.80 bits per heavy atom. The summed E-state index contributed by atoms with van der Waals surface area (Å²) >= 11 is 6.20. The number of amides is 1. The van der Waals surface area contributed by atoms with Crippen molar-refractivity contribution in [2.75, 3.05) is 5.32 Å². The monoisotopic (exact) mass is 446 g/mol. The van der Waals surface area contributed by atoms with E-state index in [1.165, 1.54) is 18.2 Å². The molecule has 7 nitrogen and oxygen atoms in total. The van der Waals surface area contributed by atoms with Crippen molar-refractivity contribution in [2.24, 2.45) is 0 Å². The topological polar surface area (TPSA) is 93.1 Å².